The summed E-state index contributed by atoms with van der Waals surface area (Å²) in [7, 11) is 0. The van der Waals surface area contributed by atoms with Crippen LogP contribution >= 0.6 is 11.3 Å². The van der Waals surface area contributed by atoms with Crippen molar-refractivity contribution in [3.63, 3.8) is 0 Å². The second-order valence-corrected chi connectivity index (χ2v) is 6.01. The maximum absolute atomic E-state index is 11.9. The Hall–Kier alpha value is -1.14. The van der Waals surface area contributed by atoms with Crippen molar-refractivity contribution in [3.8, 4) is 0 Å². The van der Waals surface area contributed by atoms with Gasteiger partial charge in [-0.2, -0.15) is 0 Å². The van der Waals surface area contributed by atoms with Crippen LogP contribution in [0.25, 0.3) is 0 Å². The predicted octanol–water partition coefficient (Wildman–Crippen LogP) is 1.48. The van der Waals surface area contributed by atoms with E-state index in [9.17, 15) is 9.90 Å². The topological polar surface area (TPSA) is 62.7 Å². The molecule has 1 saturated carbocycles. The molecule has 6 heteroatoms. The Balaban J connectivity index is 1.49. The first-order chi connectivity index (χ1) is 8.72. The van der Waals surface area contributed by atoms with Crippen LogP contribution in [0.2, 0.25) is 0 Å². The van der Waals surface area contributed by atoms with Gasteiger partial charge in [0.1, 0.15) is 11.6 Å². The van der Waals surface area contributed by atoms with Crippen LogP contribution in [-0.2, 0) is 11.3 Å². The number of likely N-dealkylation sites (tertiary alicyclic amines) is 1. The number of rotatable bonds is 2. The van der Waals surface area contributed by atoms with Gasteiger partial charge in [-0.3, -0.25) is 0 Å². The lowest BCUT2D eigenvalue weighted by Crippen LogP contribution is -2.30. The quantitative estimate of drug-likeness (QED) is 0.882. The van der Waals surface area contributed by atoms with Crippen LogP contribution in [0.5, 0.6) is 0 Å². The minimum Gasteiger partial charge on any atom is -0.442 e. The monoisotopic (exact) mass is 268 g/mol. The van der Waals surface area contributed by atoms with Crippen molar-refractivity contribution in [2.24, 2.45) is 11.8 Å². The molecule has 1 aromatic rings. The molecule has 3 atom stereocenters. The van der Waals surface area contributed by atoms with E-state index in [4.69, 9.17) is 4.74 Å². The van der Waals surface area contributed by atoms with Crippen LogP contribution in [0, 0.1) is 11.8 Å². The molecule has 1 N–H and O–H groups in total. The molecule has 1 aliphatic carbocycles. The first-order valence-corrected chi connectivity index (χ1v) is 7.08. The lowest BCUT2D eigenvalue weighted by molar-refractivity contribution is 0.0971. The second-order valence-electron chi connectivity index (χ2n) is 5.03. The fourth-order valence-corrected chi connectivity index (χ4v) is 3.48. The molecule has 2 fully saturated rings. The molecule has 1 saturated heterocycles. The highest BCUT2D eigenvalue weighted by molar-refractivity contribution is 7.09. The van der Waals surface area contributed by atoms with E-state index in [-0.39, 0.29) is 18.8 Å². The van der Waals surface area contributed by atoms with Gasteiger partial charge in [0.15, 0.2) is 0 Å². The molecule has 0 aromatic carbocycles. The Labute approximate surface area is 109 Å². The zero-order chi connectivity index (χ0) is 12.5. The zero-order valence-electron chi connectivity index (χ0n) is 9.99. The summed E-state index contributed by atoms with van der Waals surface area (Å²) in [5, 5.41) is 12.2. The fourth-order valence-electron chi connectivity index (χ4n) is 2.96. The molecule has 3 rings (SSSR count). The molecule has 1 aromatic heterocycles. The number of thiazole rings is 1. The van der Waals surface area contributed by atoms with Crippen LogP contribution in [0.4, 0.5) is 4.79 Å². The van der Waals surface area contributed by atoms with Gasteiger partial charge < -0.3 is 14.7 Å². The van der Waals surface area contributed by atoms with E-state index in [1.165, 1.54) is 11.3 Å². The SMILES string of the molecule is O=C(OCc1nccs1)N1C[C@H]2C[C@@H](O)C[C@H]2C1. The molecular formula is C12H16N2O3S. The van der Waals surface area contributed by atoms with Crippen LogP contribution in [0.3, 0.4) is 0 Å². The van der Waals surface area contributed by atoms with Gasteiger partial charge in [0, 0.05) is 24.7 Å². The minimum atomic E-state index is -0.255. The van der Waals surface area contributed by atoms with Crippen molar-refractivity contribution in [2.75, 3.05) is 13.1 Å². The molecule has 0 radical (unpaired) electrons. The van der Waals surface area contributed by atoms with Crippen molar-refractivity contribution < 1.29 is 14.6 Å². The fraction of sp³-hybridized carbons (Fsp3) is 0.667. The first-order valence-electron chi connectivity index (χ1n) is 6.20. The van der Waals surface area contributed by atoms with E-state index in [0.717, 1.165) is 30.9 Å². The molecule has 0 unspecified atom stereocenters. The predicted molar refractivity (Wildman–Crippen MR) is 66.1 cm³/mol. The third-order valence-corrected chi connectivity index (χ3v) is 4.54. The van der Waals surface area contributed by atoms with Gasteiger partial charge in [-0.25, -0.2) is 9.78 Å². The molecule has 5 nitrogen and oxygen atoms in total. The second kappa shape index (κ2) is 4.85. The number of hydrogen-bond donors (Lipinski definition) is 1. The number of fused-ring (bicyclic) bond motifs is 1. The standard InChI is InChI=1S/C12H16N2O3S/c15-10-3-8-5-14(6-9(8)4-10)12(16)17-7-11-13-1-2-18-11/h1-2,8-10,15H,3-7H2/t8-,9+,10-. The molecule has 98 valence electrons. The van der Waals surface area contributed by atoms with Gasteiger partial charge in [-0.15, -0.1) is 11.3 Å². The Morgan fingerprint density at radius 1 is 1.50 bits per heavy atom. The van der Waals surface area contributed by atoms with Gasteiger partial charge in [-0.1, -0.05) is 0 Å². The molecule has 2 aliphatic rings. The van der Waals surface area contributed by atoms with Crippen LogP contribution in [-0.4, -0.2) is 40.3 Å². The normalized spacial score (nSPS) is 30.5. The smallest absolute Gasteiger partial charge is 0.410 e. The molecular weight excluding hydrogens is 252 g/mol. The Morgan fingerprint density at radius 2 is 2.22 bits per heavy atom. The summed E-state index contributed by atoms with van der Waals surface area (Å²) >= 11 is 1.48. The van der Waals surface area contributed by atoms with E-state index in [0.29, 0.717) is 11.8 Å². The Morgan fingerprint density at radius 3 is 2.83 bits per heavy atom. The molecule has 18 heavy (non-hydrogen) atoms. The molecule has 2 heterocycles. The van der Waals surface area contributed by atoms with Crippen LogP contribution in [0.1, 0.15) is 17.8 Å². The van der Waals surface area contributed by atoms with E-state index in [1.807, 2.05) is 5.38 Å². The number of aliphatic hydroxyl groups excluding tert-OH is 1. The summed E-state index contributed by atoms with van der Waals surface area (Å²) < 4.78 is 5.23. The van der Waals surface area contributed by atoms with Crippen molar-refractivity contribution in [1.82, 2.24) is 9.88 Å². The number of ether oxygens (including phenoxy) is 1. The third-order valence-electron chi connectivity index (χ3n) is 3.79. The number of nitrogens with zero attached hydrogens (tertiary/aromatic N) is 2. The number of amides is 1. The van der Waals surface area contributed by atoms with Crippen molar-refractivity contribution in [1.29, 1.82) is 0 Å². The van der Waals surface area contributed by atoms with Crippen LogP contribution in [0.15, 0.2) is 11.6 Å². The summed E-state index contributed by atoms with van der Waals surface area (Å²) in [4.78, 5) is 17.7. The maximum atomic E-state index is 11.9. The van der Waals surface area contributed by atoms with Gasteiger partial charge in [-0.05, 0) is 24.7 Å². The molecule has 1 amide bonds. The first kappa shape index (κ1) is 11.9. The van der Waals surface area contributed by atoms with Gasteiger partial charge >= 0.3 is 6.09 Å². The number of aliphatic hydroxyl groups is 1. The summed E-state index contributed by atoms with van der Waals surface area (Å²) in [5.74, 6) is 0.903. The summed E-state index contributed by atoms with van der Waals surface area (Å²) in [6.45, 7) is 1.70. The van der Waals surface area contributed by atoms with Gasteiger partial charge in [0.25, 0.3) is 0 Å². The highest BCUT2D eigenvalue weighted by atomic mass is 32.1. The number of carbonyl (C=O) groups excluding carboxylic acids is 1. The molecule has 0 bridgehead atoms. The summed E-state index contributed by atoms with van der Waals surface area (Å²) in [6.07, 6.45) is 2.92. The Bertz CT molecular complexity index is 409. The lowest BCUT2D eigenvalue weighted by Gasteiger charge is -2.17. The van der Waals surface area contributed by atoms with E-state index < -0.39 is 0 Å². The Kier molecular flexibility index (Phi) is 3.22. The lowest BCUT2D eigenvalue weighted by atomic mass is 10.0. The van der Waals surface area contributed by atoms with E-state index in [2.05, 4.69) is 4.98 Å². The third kappa shape index (κ3) is 2.35. The summed E-state index contributed by atoms with van der Waals surface area (Å²) in [6, 6.07) is 0. The zero-order valence-corrected chi connectivity index (χ0v) is 10.8. The minimum absolute atomic E-state index is 0.173. The highest BCUT2D eigenvalue weighted by Crippen LogP contribution is 2.38. The average Bonchev–Trinajstić information content (AvgIpc) is 3.00. The average molecular weight is 268 g/mol. The maximum Gasteiger partial charge on any atom is 0.410 e. The number of carbonyl (C=O) groups is 1. The van der Waals surface area contributed by atoms with Crippen LogP contribution < -0.4 is 0 Å². The van der Waals surface area contributed by atoms with Crippen molar-refractivity contribution in [3.05, 3.63) is 16.6 Å². The van der Waals surface area contributed by atoms with Gasteiger partial charge in [0.2, 0.25) is 0 Å². The summed E-state index contributed by atoms with van der Waals surface area (Å²) in [5.41, 5.74) is 0. The molecule has 1 aliphatic heterocycles. The molecule has 0 spiro atoms. The number of hydrogen-bond acceptors (Lipinski definition) is 5. The van der Waals surface area contributed by atoms with Crippen molar-refractivity contribution >= 4 is 17.4 Å². The van der Waals surface area contributed by atoms with E-state index in [1.54, 1.807) is 11.1 Å². The highest BCUT2D eigenvalue weighted by Gasteiger charge is 2.42. The van der Waals surface area contributed by atoms with Crippen molar-refractivity contribution in [2.45, 2.75) is 25.6 Å². The van der Waals surface area contributed by atoms with E-state index >= 15 is 0 Å². The largest absolute Gasteiger partial charge is 0.442 e. The van der Waals surface area contributed by atoms with Gasteiger partial charge in [0.05, 0.1) is 6.10 Å². The number of aromatic nitrogens is 1.